The maximum Gasteiger partial charge on any atom is 2.00 e. The monoisotopic (exact) mass is 182 g/mol. The van der Waals surface area contributed by atoms with Crippen molar-refractivity contribution < 1.29 is 34.3 Å². The van der Waals surface area contributed by atoms with Gasteiger partial charge in [-0.2, -0.15) is 8.42 Å². The Kier molecular flexibility index (Phi) is 5.09. The topological polar surface area (TPSA) is 95.9 Å². The molecule has 0 aromatic rings. The first kappa shape index (κ1) is 10.7. The molecule has 6 nitrogen and oxygen atoms in total. The summed E-state index contributed by atoms with van der Waals surface area (Å²) in [5.74, 6) is 0. The van der Waals surface area contributed by atoms with Crippen molar-refractivity contribution in [1.29, 1.82) is 0 Å². The van der Waals surface area contributed by atoms with Crippen LogP contribution in [0.3, 0.4) is 0 Å². The van der Waals surface area contributed by atoms with E-state index in [4.69, 9.17) is 17.9 Å². The summed E-state index contributed by atoms with van der Waals surface area (Å²) in [5.41, 5.74) is 0. The van der Waals surface area contributed by atoms with E-state index in [9.17, 15) is 0 Å². The van der Waals surface area contributed by atoms with Crippen LogP contribution < -0.4 is 0 Å². The van der Waals surface area contributed by atoms with Crippen LogP contribution in [0.25, 0.3) is 0 Å². The first-order valence-corrected chi connectivity index (χ1v) is 2.37. The first-order valence-electron chi connectivity index (χ1n) is 1.03. The minimum absolute atomic E-state index is 0. The normalized spacial score (nSPS) is 9.12. The molecule has 0 amide bonds. The molecule has 0 radical (unpaired) electrons. The second-order valence-electron chi connectivity index (χ2n) is 0.557. The summed E-state index contributed by atoms with van der Waals surface area (Å²) in [6, 6.07) is 0. The first-order chi connectivity index (χ1) is 3.06. The number of hydrogen-bond acceptors (Lipinski definition) is 6. The molecule has 0 bridgehead atoms. The van der Waals surface area contributed by atoms with Gasteiger partial charge in [0.15, 0.2) is 5.34 Å². The van der Waals surface area contributed by atoms with Crippen molar-refractivity contribution >= 4 is 10.4 Å². The molecule has 0 saturated heterocycles. The smallest absolute Gasteiger partial charge is 0.714 e. The Bertz CT molecular complexity index is 146. The molecule has 0 heterocycles. The maximum atomic E-state index is 9.16. The minimum Gasteiger partial charge on any atom is -0.714 e. The van der Waals surface area contributed by atoms with E-state index in [0.29, 0.717) is 0 Å². The van der Waals surface area contributed by atoms with Gasteiger partial charge in [-0.15, -0.1) is 4.91 Å². The Balaban J connectivity index is 0. The summed E-state index contributed by atoms with van der Waals surface area (Å²) >= 11 is 0. The van der Waals surface area contributed by atoms with E-state index in [-0.39, 0.29) is 17.1 Å². The Morgan fingerprint density at radius 2 is 1.88 bits per heavy atom. The summed E-state index contributed by atoms with van der Waals surface area (Å²) in [6.45, 7) is 0. The van der Waals surface area contributed by atoms with Crippen LogP contribution in [-0.4, -0.2) is 13.0 Å². The van der Waals surface area contributed by atoms with Crippen molar-refractivity contribution in [1.82, 2.24) is 0 Å². The van der Waals surface area contributed by atoms with Crippen molar-refractivity contribution in [2.75, 3.05) is 0 Å². The average Bonchev–Trinajstić information content (AvgIpc) is 1.30. The number of rotatable bonds is 2. The average molecular weight is 182 g/mol. The van der Waals surface area contributed by atoms with Gasteiger partial charge in [0.05, 0.1) is 0 Å². The van der Waals surface area contributed by atoms with Gasteiger partial charge < -0.3 is 4.55 Å². The van der Waals surface area contributed by atoms with E-state index in [1.54, 1.807) is 0 Å². The molecule has 0 aliphatic heterocycles. The molecule has 0 unspecified atom stereocenters. The van der Waals surface area contributed by atoms with E-state index in [1.165, 1.54) is 5.34 Å². The third-order valence-corrected chi connectivity index (χ3v) is 0.365. The molecule has 0 atom stereocenters. The predicted molar refractivity (Wildman–Crippen MR) is 16.6 cm³/mol. The molecule has 0 fully saturated rings. The van der Waals surface area contributed by atoms with Gasteiger partial charge in [0.1, 0.15) is 0 Å². The second-order valence-corrected chi connectivity index (χ2v) is 1.52. The van der Waals surface area contributed by atoms with Crippen LogP contribution in [0.5, 0.6) is 0 Å². The van der Waals surface area contributed by atoms with Crippen LogP contribution in [0.1, 0.15) is 0 Å². The fourth-order valence-corrected chi connectivity index (χ4v) is 0.112. The van der Waals surface area contributed by atoms with Gasteiger partial charge in [0.25, 0.3) is 10.4 Å². The molecular weight excluding hydrogens is 182 g/mol. The molecule has 0 aromatic heterocycles. The molecule has 0 rings (SSSR count). The summed E-state index contributed by atoms with van der Waals surface area (Å²) in [4.78, 5) is 8.77. The van der Waals surface area contributed by atoms with E-state index in [2.05, 4.69) is 4.28 Å². The molecule has 0 saturated carbocycles. The van der Waals surface area contributed by atoms with Gasteiger partial charge in [0, 0.05) is 0 Å². The zero-order valence-corrected chi connectivity index (χ0v) is 5.17. The Labute approximate surface area is 55.6 Å². The summed E-state index contributed by atoms with van der Waals surface area (Å²) in [5, 5.41) is 1.36. The van der Waals surface area contributed by atoms with Crippen LogP contribution in [-0.2, 0) is 31.8 Å². The molecule has 48 valence electrons. The van der Waals surface area contributed by atoms with Gasteiger partial charge in [-0.3, -0.25) is 0 Å². The van der Waals surface area contributed by atoms with Gasteiger partial charge in [-0.25, -0.2) is 4.28 Å². The maximum absolute atomic E-state index is 9.16. The van der Waals surface area contributed by atoms with Crippen LogP contribution >= 0.6 is 0 Å². The summed E-state index contributed by atoms with van der Waals surface area (Å²) in [6.07, 6.45) is 0. The Morgan fingerprint density at radius 3 is 1.88 bits per heavy atom. The van der Waals surface area contributed by atoms with Crippen molar-refractivity contribution in [3.05, 3.63) is 4.91 Å². The second kappa shape index (κ2) is 3.79. The molecule has 0 N–H and O–H groups in total. The van der Waals surface area contributed by atoms with Crippen LogP contribution in [0.15, 0.2) is 5.34 Å². The van der Waals surface area contributed by atoms with Gasteiger partial charge >= 0.3 is 17.1 Å². The van der Waals surface area contributed by atoms with Crippen molar-refractivity contribution in [2.24, 2.45) is 5.34 Å². The van der Waals surface area contributed by atoms with E-state index in [1.807, 2.05) is 0 Å². The van der Waals surface area contributed by atoms with Gasteiger partial charge in [0.2, 0.25) is 0 Å². The summed E-state index contributed by atoms with van der Waals surface area (Å²) < 4.78 is 30.2. The quantitative estimate of drug-likeness (QED) is 0.182. The standard InChI is InChI=1S/Fe.HNO5S/c;2-1-6-7(3,4)5/h;(H,3,4,5)/q+2;/p-1. The predicted octanol–water partition coefficient (Wildman–Crippen LogP) is -0.858. The molecule has 8 heavy (non-hydrogen) atoms. The van der Waals surface area contributed by atoms with E-state index < -0.39 is 10.4 Å². The minimum atomic E-state index is -4.90. The largest absolute Gasteiger partial charge is 2.00 e. The fraction of sp³-hybridized carbons (Fsp3) is 0. The van der Waals surface area contributed by atoms with Crippen LogP contribution in [0.4, 0.5) is 0 Å². The Hall–Kier alpha value is -0.171. The van der Waals surface area contributed by atoms with Crippen LogP contribution in [0.2, 0.25) is 0 Å². The zero-order valence-electron chi connectivity index (χ0n) is 3.25. The van der Waals surface area contributed by atoms with Gasteiger partial charge in [-0.05, 0) is 0 Å². The molecule has 0 aliphatic carbocycles. The molecule has 0 aliphatic rings. The van der Waals surface area contributed by atoms with E-state index >= 15 is 0 Å². The zero-order chi connectivity index (χ0) is 5.91. The Morgan fingerprint density at radius 1 is 1.50 bits per heavy atom. The van der Waals surface area contributed by atoms with Crippen LogP contribution in [0, 0.1) is 4.91 Å². The van der Waals surface area contributed by atoms with Crippen molar-refractivity contribution in [3.8, 4) is 0 Å². The van der Waals surface area contributed by atoms with Gasteiger partial charge in [-0.1, -0.05) is 0 Å². The number of nitrogens with zero attached hydrogens (tertiary/aromatic N) is 1. The molecule has 0 spiro atoms. The van der Waals surface area contributed by atoms with Crippen molar-refractivity contribution in [3.63, 3.8) is 0 Å². The third kappa shape index (κ3) is 9.27. The molecular formula is FeNO5S+. The number of hydrogen-bond donors (Lipinski definition) is 0. The third-order valence-electron chi connectivity index (χ3n) is 0.122. The summed E-state index contributed by atoms with van der Waals surface area (Å²) in [7, 11) is -4.90. The SMILES string of the molecule is O=NOS(=O)(=O)[O-].[Fe+2]. The molecule has 0 aromatic carbocycles. The van der Waals surface area contributed by atoms with E-state index in [0.717, 1.165) is 0 Å². The molecule has 8 heteroatoms. The fourth-order valence-electron chi connectivity index (χ4n) is 0.0373. The van der Waals surface area contributed by atoms with Crippen molar-refractivity contribution in [2.45, 2.75) is 0 Å².